The average Bonchev–Trinajstić information content (AvgIpc) is 2.66. The summed E-state index contributed by atoms with van der Waals surface area (Å²) in [6.45, 7) is 12.5. The van der Waals surface area contributed by atoms with Gasteiger partial charge in [0, 0.05) is 0 Å². The highest BCUT2D eigenvalue weighted by Crippen LogP contribution is 2.51. The average molecular weight is 375 g/mol. The first kappa shape index (κ1) is 21.7. The molecule has 0 aromatic carbocycles. The normalized spacial score (nSPS) is 43.2. The molecule has 0 N–H and O–H groups in total. The molecular formula is C27H50. The maximum absolute atomic E-state index is 2.56. The third-order valence-corrected chi connectivity index (χ3v) is 9.57. The van der Waals surface area contributed by atoms with E-state index < -0.39 is 0 Å². The van der Waals surface area contributed by atoms with E-state index in [2.05, 4.69) is 34.6 Å². The van der Waals surface area contributed by atoms with Gasteiger partial charge in [0.1, 0.15) is 0 Å². The van der Waals surface area contributed by atoms with E-state index in [4.69, 9.17) is 0 Å². The first-order valence-electron chi connectivity index (χ1n) is 13.0. The fraction of sp³-hybridized carbons (Fsp3) is 1.00. The van der Waals surface area contributed by atoms with Gasteiger partial charge in [0.25, 0.3) is 0 Å². The minimum atomic E-state index is 0.961. The Hall–Kier alpha value is 0. The lowest BCUT2D eigenvalue weighted by Gasteiger charge is -2.48. The molecule has 3 fully saturated rings. The van der Waals surface area contributed by atoms with Crippen LogP contribution in [0, 0.1) is 53.3 Å². The summed E-state index contributed by atoms with van der Waals surface area (Å²) in [6.07, 6.45) is 19.8. The summed E-state index contributed by atoms with van der Waals surface area (Å²) in [4.78, 5) is 0. The molecule has 0 nitrogen and oxygen atoms in total. The van der Waals surface area contributed by atoms with Crippen LogP contribution in [-0.4, -0.2) is 0 Å². The van der Waals surface area contributed by atoms with Crippen molar-refractivity contribution >= 4 is 0 Å². The van der Waals surface area contributed by atoms with Gasteiger partial charge in [-0.2, -0.15) is 0 Å². The zero-order chi connectivity index (χ0) is 19.4. The van der Waals surface area contributed by atoms with Crippen LogP contribution in [0.15, 0.2) is 0 Å². The molecule has 3 saturated carbocycles. The van der Waals surface area contributed by atoms with Crippen LogP contribution in [0.25, 0.3) is 0 Å². The molecule has 3 aliphatic rings. The van der Waals surface area contributed by atoms with Crippen LogP contribution in [0.5, 0.6) is 0 Å². The largest absolute Gasteiger partial charge is 0.0654 e. The Kier molecular flexibility index (Phi) is 8.16. The van der Waals surface area contributed by atoms with Crippen molar-refractivity contribution in [1.29, 1.82) is 0 Å². The van der Waals surface area contributed by atoms with E-state index in [0.29, 0.717) is 0 Å². The molecule has 0 bridgehead atoms. The predicted octanol–water partition coefficient (Wildman–Crippen LogP) is 8.74. The summed E-state index contributed by atoms with van der Waals surface area (Å²) in [5, 5.41) is 0. The third kappa shape index (κ3) is 5.54. The predicted molar refractivity (Wildman–Crippen MR) is 120 cm³/mol. The van der Waals surface area contributed by atoms with Crippen LogP contribution < -0.4 is 0 Å². The van der Waals surface area contributed by atoms with Crippen molar-refractivity contribution in [3.63, 3.8) is 0 Å². The fourth-order valence-corrected chi connectivity index (χ4v) is 7.48. The molecule has 3 aliphatic carbocycles. The van der Waals surface area contributed by atoms with Crippen molar-refractivity contribution in [3.8, 4) is 0 Å². The van der Waals surface area contributed by atoms with Crippen LogP contribution in [-0.2, 0) is 0 Å². The minimum Gasteiger partial charge on any atom is -0.0654 e. The summed E-state index contributed by atoms with van der Waals surface area (Å²) < 4.78 is 0. The monoisotopic (exact) mass is 374 g/mol. The molecule has 158 valence electrons. The SMILES string of the molecule is CCCC(C1CCC(C)CC1)C(C1CCC(C)CC1)C1CCC(C)C(C)C1. The molecule has 0 amide bonds. The van der Waals surface area contributed by atoms with E-state index in [1.165, 1.54) is 44.9 Å². The summed E-state index contributed by atoms with van der Waals surface area (Å²) in [7, 11) is 0. The third-order valence-electron chi connectivity index (χ3n) is 9.57. The number of hydrogen-bond donors (Lipinski definition) is 0. The Morgan fingerprint density at radius 1 is 0.593 bits per heavy atom. The van der Waals surface area contributed by atoms with E-state index in [-0.39, 0.29) is 0 Å². The zero-order valence-electron chi connectivity index (χ0n) is 19.4. The summed E-state index contributed by atoms with van der Waals surface area (Å²) in [6, 6.07) is 0. The van der Waals surface area contributed by atoms with Crippen LogP contribution in [0.3, 0.4) is 0 Å². The summed E-state index contributed by atoms with van der Waals surface area (Å²) in [5.41, 5.74) is 0. The van der Waals surface area contributed by atoms with Gasteiger partial charge in [-0.15, -0.1) is 0 Å². The zero-order valence-corrected chi connectivity index (χ0v) is 19.4. The van der Waals surface area contributed by atoms with Gasteiger partial charge in [-0.3, -0.25) is 0 Å². The molecule has 0 aromatic rings. The summed E-state index contributed by atoms with van der Waals surface area (Å²) >= 11 is 0. The van der Waals surface area contributed by atoms with E-state index in [1.807, 2.05) is 0 Å². The molecule has 27 heavy (non-hydrogen) atoms. The Labute approximate surface area is 171 Å². The lowest BCUT2D eigenvalue weighted by Crippen LogP contribution is -2.40. The van der Waals surface area contributed by atoms with Crippen LogP contribution >= 0.6 is 0 Å². The molecule has 0 heteroatoms. The second-order valence-corrected chi connectivity index (χ2v) is 11.6. The molecular weight excluding hydrogens is 324 g/mol. The first-order chi connectivity index (χ1) is 13.0. The van der Waals surface area contributed by atoms with Crippen molar-refractivity contribution in [3.05, 3.63) is 0 Å². The molecule has 0 aromatic heterocycles. The van der Waals surface area contributed by atoms with E-state index in [1.54, 1.807) is 38.5 Å². The Balaban J connectivity index is 1.79. The van der Waals surface area contributed by atoms with Crippen molar-refractivity contribution in [2.45, 2.75) is 118 Å². The smallest absolute Gasteiger partial charge is 0.0326 e. The lowest BCUT2D eigenvalue weighted by atomic mass is 9.57. The van der Waals surface area contributed by atoms with Crippen molar-refractivity contribution in [2.24, 2.45) is 53.3 Å². The van der Waals surface area contributed by atoms with Gasteiger partial charge in [-0.25, -0.2) is 0 Å². The molecule has 0 saturated heterocycles. The standard InChI is InChI=1S/C27H50/c1-6-7-26(23-13-8-19(2)9-14-23)27(24-15-10-20(3)11-16-24)25-17-12-21(4)22(5)18-25/h19-27H,6-18H2,1-5H3. The second-order valence-electron chi connectivity index (χ2n) is 11.6. The van der Waals surface area contributed by atoms with Crippen LogP contribution in [0.1, 0.15) is 118 Å². The fourth-order valence-electron chi connectivity index (χ4n) is 7.48. The van der Waals surface area contributed by atoms with Crippen molar-refractivity contribution in [2.75, 3.05) is 0 Å². The quantitative estimate of drug-likeness (QED) is 0.436. The number of hydrogen-bond acceptors (Lipinski definition) is 0. The van der Waals surface area contributed by atoms with E-state index in [9.17, 15) is 0 Å². The van der Waals surface area contributed by atoms with Crippen LogP contribution in [0.4, 0.5) is 0 Å². The van der Waals surface area contributed by atoms with E-state index in [0.717, 1.165) is 53.3 Å². The summed E-state index contributed by atoms with van der Waals surface area (Å²) in [5.74, 6) is 9.18. The maximum Gasteiger partial charge on any atom is -0.0326 e. The number of rotatable bonds is 6. The molecule has 0 spiro atoms. The molecule has 5 unspecified atom stereocenters. The Morgan fingerprint density at radius 3 is 1.63 bits per heavy atom. The van der Waals surface area contributed by atoms with Crippen LogP contribution in [0.2, 0.25) is 0 Å². The van der Waals surface area contributed by atoms with Gasteiger partial charge >= 0.3 is 0 Å². The van der Waals surface area contributed by atoms with Gasteiger partial charge in [-0.05, 0) is 91.8 Å². The first-order valence-corrected chi connectivity index (χ1v) is 13.0. The molecule has 0 heterocycles. The van der Waals surface area contributed by atoms with E-state index >= 15 is 0 Å². The second kappa shape index (κ2) is 10.2. The van der Waals surface area contributed by atoms with Gasteiger partial charge < -0.3 is 0 Å². The molecule has 0 aliphatic heterocycles. The highest BCUT2D eigenvalue weighted by molar-refractivity contribution is 4.92. The molecule has 0 radical (unpaired) electrons. The van der Waals surface area contributed by atoms with Gasteiger partial charge in [-0.1, -0.05) is 79.6 Å². The topological polar surface area (TPSA) is 0 Å². The lowest BCUT2D eigenvalue weighted by molar-refractivity contribution is 0.0133. The van der Waals surface area contributed by atoms with Gasteiger partial charge in [0.15, 0.2) is 0 Å². The highest BCUT2D eigenvalue weighted by Gasteiger charge is 2.42. The van der Waals surface area contributed by atoms with Crippen molar-refractivity contribution < 1.29 is 0 Å². The maximum atomic E-state index is 2.56. The van der Waals surface area contributed by atoms with Gasteiger partial charge in [0.05, 0.1) is 0 Å². The molecule has 3 rings (SSSR count). The highest BCUT2D eigenvalue weighted by atomic mass is 14.5. The van der Waals surface area contributed by atoms with Gasteiger partial charge in [0.2, 0.25) is 0 Å². The van der Waals surface area contributed by atoms with Crippen molar-refractivity contribution in [1.82, 2.24) is 0 Å². The Morgan fingerprint density at radius 2 is 1.11 bits per heavy atom. The molecule has 5 atom stereocenters. The Bertz CT molecular complexity index is 410. The minimum absolute atomic E-state index is 0.961.